The molecule has 2 fully saturated rings. The Bertz CT molecular complexity index is 1420. The molecule has 2 aromatic rings. The third-order valence-corrected chi connectivity index (χ3v) is 8.90. The molecule has 43 heavy (non-hydrogen) atoms. The van der Waals surface area contributed by atoms with E-state index in [1.165, 1.54) is 16.2 Å². The Kier molecular flexibility index (Phi) is 12.0. The normalized spacial score (nSPS) is 16.5. The monoisotopic (exact) mass is 629 g/mol. The first-order valence-corrected chi connectivity index (χ1v) is 16.2. The van der Waals surface area contributed by atoms with Crippen LogP contribution in [-0.4, -0.2) is 85.9 Å². The van der Waals surface area contributed by atoms with Crippen molar-refractivity contribution in [3.05, 3.63) is 45.2 Å². The van der Waals surface area contributed by atoms with Crippen LogP contribution < -0.4 is 10.5 Å². The molecule has 232 valence electrons. The number of piperazine rings is 1. The summed E-state index contributed by atoms with van der Waals surface area (Å²) in [5, 5.41) is 8.71. The van der Waals surface area contributed by atoms with Crippen molar-refractivity contribution in [2.75, 3.05) is 44.2 Å². The van der Waals surface area contributed by atoms with E-state index in [0.717, 1.165) is 51.4 Å². The Morgan fingerprint density at radius 3 is 2.37 bits per heavy atom. The van der Waals surface area contributed by atoms with Gasteiger partial charge < -0.3 is 19.6 Å². The third-order valence-electron chi connectivity index (χ3n) is 7.53. The quantitative estimate of drug-likeness (QED) is 0.178. The lowest BCUT2D eigenvalue weighted by molar-refractivity contribution is -0.137. The number of carboxylic acid groups (broad SMARTS) is 1. The lowest BCUT2D eigenvalue weighted by Gasteiger charge is -2.35. The van der Waals surface area contributed by atoms with Crippen LogP contribution in [0.1, 0.15) is 70.3 Å². The molecule has 0 atom stereocenters. The second-order valence-corrected chi connectivity index (χ2v) is 12.2. The minimum atomic E-state index is -0.738. The van der Waals surface area contributed by atoms with Crippen LogP contribution in [0.4, 0.5) is 10.6 Å². The zero-order valence-electron chi connectivity index (χ0n) is 24.5. The maximum atomic E-state index is 13.7. The molecule has 2 aromatic heterocycles. The maximum Gasteiger partial charge on any atom is 0.409 e. The van der Waals surface area contributed by atoms with Gasteiger partial charge in [-0.3, -0.25) is 23.7 Å². The van der Waals surface area contributed by atoms with Crippen molar-refractivity contribution >= 4 is 63.8 Å². The molecule has 11 nitrogen and oxygen atoms in total. The number of aliphatic carboxylic acids is 1. The molecule has 2 saturated heterocycles. The van der Waals surface area contributed by atoms with Gasteiger partial charge >= 0.3 is 12.1 Å². The third kappa shape index (κ3) is 8.56. The largest absolute Gasteiger partial charge is 0.481 e. The van der Waals surface area contributed by atoms with Gasteiger partial charge in [-0.15, -0.1) is 0 Å². The highest BCUT2D eigenvalue weighted by Gasteiger charge is 2.33. The van der Waals surface area contributed by atoms with E-state index in [-0.39, 0.29) is 24.0 Å². The predicted octanol–water partition coefficient (Wildman–Crippen LogP) is 4.77. The molecule has 0 bridgehead atoms. The van der Waals surface area contributed by atoms with Crippen LogP contribution in [0.25, 0.3) is 11.7 Å². The lowest BCUT2D eigenvalue weighted by Crippen LogP contribution is -2.49. The summed E-state index contributed by atoms with van der Waals surface area (Å²) >= 11 is 6.74. The second-order valence-electron chi connectivity index (χ2n) is 10.6. The van der Waals surface area contributed by atoms with Gasteiger partial charge in [-0.05, 0) is 38.0 Å². The molecule has 0 aliphatic carbocycles. The SMILES string of the molecule is CCOC(=O)N1CCN(c2nc3ccccn3c(=O)c2/C=C2/SC(=S)N(CCCCCCCCCCC(=O)O)C2=O)CC1. The van der Waals surface area contributed by atoms with Gasteiger partial charge in [0.15, 0.2) is 0 Å². The molecule has 4 heterocycles. The van der Waals surface area contributed by atoms with Crippen molar-refractivity contribution in [1.29, 1.82) is 0 Å². The number of amides is 2. The molecule has 0 saturated carbocycles. The molecule has 2 aliphatic heterocycles. The highest BCUT2D eigenvalue weighted by molar-refractivity contribution is 8.26. The zero-order valence-corrected chi connectivity index (χ0v) is 26.2. The average Bonchev–Trinajstić information content (AvgIpc) is 3.26. The van der Waals surface area contributed by atoms with E-state index in [1.807, 2.05) is 11.0 Å². The number of aromatic nitrogens is 2. The number of carbonyl (C=O) groups is 3. The summed E-state index contributed by atoms with van der Waals surface area (Å²) in [6, 6.07) is 5.34. The molecule has 0 aromatic carbocycles. The predicted molar refractivity (Wildman–Crippen MR) is 171 cm³/mol. The number of ether oxygens (including phenoxy) is 1. The number of thioether (sulfide) groups is 1. The molecule has 0 radical (unpaired) electrons. The van der Waals surface area contributed by atoms with Crippen LogP contribution in [0.2, 0.25) is 0 Å². The first-order valence-electron chi connectivity index (χ1n) is 15.0. The highest BCUT2D eigenvalue weighted by Crippen LogP contribution is 2.34. The molecule has 0 spiro atoms. The van der Waals surface area contributed by atoms with Crippen LogP contribution in [0.5, 0.6) is 0 Å². The molecule has 0 unspecified atom stereocenters. The van der Waals surface area contributed by atoms with Crippen molar-refractivity contribution in [3.8, 4) is 0 Å². The fourth-order valence-corrected chi connectivity index (χ4v) is 6.49. The van der Waals surface area contributed by atoms with Crippen LogP contribution in [-0.2, 0) is 14.3 Å². The number of hydrogen-bond donors (Lipinski definition) is 1. The summed E-state index contributed by atoms with van der Waals surface area (Å²) < 4.78 is 7.08. The van der Waals surface area contributed by atoms with Gasteiger partial charge in [0.2, 0.25) is 0 Å². The summed E-state index contributed by atoms with van der Waals surface area (Å²) in [6.07, 6.45) is 10.9. The first kappa shape index (κ1) is 32.5. The van der Waals surface area contributed by atoms with E-state index < -0.39 is 5.97 Å². The van der Waals surface area contributed by atoms with Crippen LogP contribution in [0.15, 0.2) is 34.1 Å². The van der Waals surface area contributed by atoms with Gasteiger partial charge in [0, 0.05) is 45.3 Å². The van der Waals surface area contributed by atoms with Gasteiger partial charge in [-0.25, -0.2) is 9.78 Å². The van der Waals surface area contributed by atoms with Crippen LogP contribution in [0.3, 0.4) is 0 Å². The number of pyridine rings is 1. The van der Waals surface area contributed by atoms with Crippen molar-refractivity contribution in [1.82, 2.24) is 19.2 Å². The van der Waals surface area contributed by atoms with Crippen molar-refractivity contribution in [2.24, 2.45) is 0 Å². The Labute approximate surface area is 260 Å². The Morgan fingerprint density at radius 1 is 1.02 bits per heavy atom. The number of unbranched alkanes of at least 4 members (excludes halogenated alkanes) is 7. The molecule has 2 aliphatic rings. The van der Waals surface area contributed by atoms with Gasteiger partial charge in [0.1, 0.15) is 15.8 Å². The number of carboxylic acids is 1. The van der Waals surface area contributed by atoms with Gasteiger partial charge in [0.05, 0.1) is 17.1 Å². The van der Waals surface area contributed by atoms with Gasteiger partial charge in [-0.2, -0.15) is 0 Å². The fourth-order valence-electron chi connectivity index (χ4n) is 5.20. The number of carbonyl (C=O) groups excluding carboxylic acids is 2. The highest BCUT2D eigenvalue weighted by atomic mass is 32.2. The Hall–Kier alpha value is -3.45. The zero-order chi connectivity index (χ0) is 30.8. The number of anilines is 1. The van der Waals surface area contributed by atoms with E-state index in [2.05, 4.69) is 0 Å². The molecule has 13 heteroatoms. The summed E-state index contributed by atoms with van der Waals surface area (Å²) in [7, 11) is 0. The summed E-state index contributed by atoms with van der Waals surface area (Å²) in [6.45, 7) is 4.41. The smallest absolute Gasteiger partial charge is 0.409 e. The number of nitrogens with zero attached hydrogens (tertiary/aromatic N) is 5. The molecule has 1 N–H and O–H groups in total. The maximum absolute atomic E-state index is 13.7. The Balaban J connectivity index is 1.40. The van der Waals surface area contributed by atoms with Crippen molar-refractivity contribution in [2.45, 2.75) is 64.7 Å². The molecular weight excluding hydrogens is 590 g/mol. The molecule has 2 amide bonds. The fraction of sp³-hybridized carbons (Fsp3) is 0.533. The van der Waals surface area contributed by atoms with E-state index in [9.17, 15) is 19.2 Å². The van der Waals surface area contributed by atoms with Gasteiger partial charge in [-0.1, -0.05) is 68.6 Å². The van der Waals surface area contributed by atoms with E-state index in [0.29, 0.717) is 65.6 Å². The summed E-state index contributed by atoms with van der Waals surface area (Å²) in [4.78, 5) is 60.2. The van der Waals surface area contributed by atoms with Crippen molar-refractivity contribution in [3.63, 3.8) is 0 Å². The lowest BCUT2D eigenvalue weighted by atomic mass is 10.1. The number of rotatable bonds is 14. The first-order chi connectivity index (χ1) is 20.8. The van der Waals surface area contributed by atoms with Crippen LogP contribution in [0, 0.1) is 0 Å². The number of hydrogen-bond acceptors (Lipinski definition) is 9. The molecule has 4 rings (SSSR count). The number of fused-ring (bicyclic) bond motifs is 1. The van der Waals surface area contributed by atoms with E-state index in [4.69, 9.17) is 27.0 Å². The summed E-state index contributed by atoms with van der Waals surface area (Å²) in [5.74, 6) is -0.463. The second kappa shape index (κ2) is 15.9. The number of thiocarbonyl (C=S) groups is 1. The average molecular weight is 630 g/mol. The summed E-state index contributed by atoms with van der Waals surface area (Å²) in [5.41, 5.74) is 0.541. The Morgan fingerprint density at radius 2 is 1.70 bits per heavy atom. The van der Waals surface area contributed by atoms with Crippen molar-refractivity contribution < 1.29 is 24.2 Å². The topological polar surface area (TPSA) is 125 Å². The van der Waals surface area contributed by atoms with E-state index in [1.54, 1.807) is 41.1 Å². The standard InChI is InChI=1S/C30H39N5O6S2/c1-2-41-29(40)33-19-17-32(18-20-33)26-22(27(38)34-15-12-10-13-24(34)31-26)21-23-28(39)35(30(42)43-23)16-11-8-6-4-3-5-7-9-14-25(36)37/h10,12-13,15,21H,2-9,11,14,16-20H2,1H3,(H,36,37)/b23-21+. The minimum Gasteiger partial charge on any atom is -0.481 e. The van der Waals surface area contributed by atoms with Gasteiger partial charge in [0.25, 0.3) is 11.5 Å². The van der Waals surface area contributed by atoms with E-state index >= 15 is 0 Å². The molecular formula is C30H39N5O6S2. The van der Waals surface area contributed by atoms with Crippen LogP contribution >= 0.6 is 24.0 Å². The minimum absolute atomic E-state index is 0.205.